The standard InChI is InChI=1S/C17H16F2N8OS/c1-26(8-10-3-5-20-24-10)22-7-11-12(9-28)27(2)15-14(11)29-16(23-15)17(18,19)13-4-6-21-25-13/h3-7,9H,8H2,1-2H3,(H,20,24)(H,21,25)/b22-7-. The predicted molar refractivity (Wildman–Crippen MR) is 103 cm³/mol. The molecule has 4 aromatic heterocycles. The van der Waals surface area contributed by atoms with Gasteiger partial charge in [0.2, 0.25) is 0 Å². The Hall–Kier alpha value is -3.41. The number of aromatic nitrogens is 6. The zero-order valence-corrected chi connectivity index (χ0v) is 16.2. The molecule has 0 spiro atoms. The fraction of sp³-hybridized carbons (Fsp3) is 0.235. The SMILES string of the molecule is CN(Cc1ccn[nH]1)/N=C\c1c(C=O)n(C)c2nc(C(F)(F)c3ccn[nH]3)sc12. The van der Waals surface area contributed by atoms with Crippen molar-refractivity contribution in [3.8, 4) is 0 Å². The summed E-state index contributed by atoms with van der Waals surface area (Å²) in [4.78, 5) is 15.7. The van der Waals surface area contributed by atoms with Gasteiger partial charge in [0.15, 0.2) is 16.9 Å². The molecule has 0 aliphatic heterocycles. The van der Waals surface area contributed by atoms with Crippen LogP contribution in [-0.4, -0.2) is 54.5 Å². The number of H-pyrrole nitrogens is 2. The van der Waals surface area contributed by atoms with Gasteiger partial charge in [0, 0.05) is 32.1 Å². The minimum Gasteiger partial charge on any atom is -0.325 e. The first-order chi connectivity index (χ1) is 13.9. The molecule has 0 aromatic carbocycles. The number of nitrogens with zero attached hydrogens (tertiary/aromatic N) is 6. The third-order valence-electron chi connectivity index (χ3n) is 4.37. The van der Waals surface area contributed by atoms with Gasteiger partial charge in [-0.3, -0.25) is 20.0 Å². The summed E-state index contributed by atoms with van der Waals surface area (Å²) in [6, 6.07) is 3.02. The maximum absolute atomic E-state index is 14.8. The number of aldehydes is 1. The normalized spacial score (nSPS) is 12.3. The van der Waals surface area contributed by atoms with Gasteiger partial charge in [-0.2, -0.15) is 24.1 Å². The zero-order chi connectivity index (χ0) is 20.6. The number of fused-ring (bicyclic) bond motifs is 1. The van der Waals surface area contributed by atoms with Crippen LogP contribution in [0.15, 0.2) is 29.6 Å². The van der Waals surface area contributed by atoms with Crippen molar-refractivity contribution >= 4 is 34.2 Å². The van der Waals surface area contributed by atoms with Crippen LogP contribution in [0.25, 0.3) is 10.3 Å². The monoisotopic (exact) mass is 418 g/mol. The number of alkyl halides is 2. The summed E-state index contributed by atoms with van der Waals surface area (Å²) in [5, 5.41) is 18.2. The molecular formula is C17H16F2N8OS. The number of hydrogen-bond donors (Lipinski definition) is 2. The predicted octanol–water partition coefficient (Wildman–Crippen LogP) is 2.50. The summed E-state index contributed by atoms with van der Waals surface area (Å²) < 4.78 is 31.5. The second-order valence-electron chi connectivity index (χ2n) is 6.33. The highest BCUT2D eigenvalue weighted by atomic mass is 32.1. The molecule has 0 radical (unpaired) electrons. The summed E-state index contributed by atoms with van der Waals surface area (Å²) in [7, 11) is 3.36. The third kappa shape index (κ3) is 3.31. The number of aryl methyl sites for hydroxylation is 1. The smallest absolute Gasteiger partial charge is 0.325 e. The van der Waals surface area contributed by atoms with Gasteiger partial charge in [-0.1, -0.05) is 0 Å². The van der Waals surface area contributed by atoms with Crippen molar-refractivity contribution in [3.63, 3.8) is 0 Å². The lowest BCUT2D eigenvalue weighted by Gasteiger charge is -2.11. The molecule has 0 atom stereocenters. The van der Waals surface area contributed by atoms with E-state index in [1.807, 2.05) is 6.07 Å². The van der Waals surface area contributed by atoms with Crippen LogP contribution in [-0.2, 0) is 19.5 Å². The highest BCUT2D eigenvalue weighted by Gasteiger charge is 2.40. The summed E-state index contributed by atoms with van der Waals surface area (Å²) in [5.74, 6) is -3.33. The van der Waals surface area contributed by atoms with Gasteiger partial charge in [-0.25, -0.2) is 4.98 Å². The Morgan fingerprint density at radius 2 is 2.07 bits per heavy atom. The second kappa shape index (κ2) is 7.20. The van der Waals surface area contributed by atoms with E-state index in [9.17, 15) is 13.6 Å². The molecule has 4 aromatic rings. The molecular weight excluding hydrogens is 402 g/mol. The molecule has 0 saturated heterocycles. The fourth-order valence-electron chi connectivity index (χ4n) is 2.89. The summed E-state index contributed by atoms with van der Waals surface area (Å²) >= 11 is 0.822. The van der Waals surface area contributed by atoms with Crippen LogP contribution in [0.2, 0.25) is 0 Å². The summed E-state index contributed by atoms with van der Waals surface area (Å²) in [6.45, 7) is 0.467. The van der Waals surface area contributed by atoms with E-state index in [0.717, 1.165) is 17.0 Å². The van der Waals surface area contributed by atoms with Gasteiger partial charge in [0.05, 0.1) is 28.8 Å². The highest BCUT2D eigenvalue weighted by molar-refractivity contribution is 7.19. The number of rotatable bonds is 7. The van der Waals surface area contributed by atoms with Gasteiger partial charge in [-0.05, 0) is 12.1 Å². The molecule has 150 valence electrons. The Balaban J connectivity index is 1.72. The van der Waals surface area contributed by atoms with Crippen LogP contribution in [0.4, 0.5) is 8.78 Å². The van der Waals surface area contributed by atoms with Gasteiger partial charge in [-0.15, -0.1) is 11.3 Å². The Morgan fingerprint density at radius 1 is 1.31 bits per heavy atom. The quantitative estimate of drug-likeness (QED) is 0.272. The van der Waals surface area contributed by atoms with Gasteiger partial charge >= 0.3 is 5.92 Å². The highest BCUT2D eigenvalue weighted by Crippen LogP contribution is 2.40. The van der Waals surface area contributed by atoms with Crippen molar-refractivity contribution in [2.24, 2.45) is 12.1 Å². The van der Waals surface area contributed by atoms with E-state index in [2.05, 4.69) is 30.5 Å². The number of hydrogen-bond acceptors (Lipinski definition) is 7. The molecule has 9 nitrogen and oxygen atoms in total. The Kier molecular flexibility index (Phi) is 4.70. The number of carbonyl (C=O) groups excluding carboxylic acids is 1. The van der Waals surface area contributed by atoms with Crippen molar-refractivity contribution in [2.75, 3.05) is 7.05 Å². The van der Waals surface area contributed by atoms with E-state index >= 15 is 0 Å². The van der Waals surface area contributed by atoms with E-state index < -0.39 is 5.92 Å². The van der Waals surface area contributed by atoms with Crippen LogP contribution in [0, 0.1) is 0 Å². The first-order valence-electron chi connectivity index (χ1n) is 8.47. The van der Waals surface area contributed by atoms with Crippen molar-refractivity contribution in [2.45, 2.75) is 12.5 Å². The van der Waals surface area contributed by atoms with Crippen LogP contribution < -0.4 is 0 Å². The lowest BCUT2D eigenvalue weighted by atomic mass is 10.2. The first kappa shape index (κ1) is 18.9. The molecule has 0 unspecified atom stereocenters. The molecule has 29 heavy (non-hydrogen) atoms. The minimum atomic E-state index is -3.33. The van der Waals surface area contributed by atoms with Crippen molar-refractivity contribution in [3.05, 3.63) is 52.2 Å². The second-order valence-corrected chi connectivity index (χ2v) is 7.33. The van der Waals surface area contributed by atoms with Crippen molar-refractivity contribution in [1.29, 1.82) is 0 Å². The van der Waals surface area contributed by atoms with Crippen LogP contribution >= 0.6 is 11.3 Å². The van der Waals surface area contributed by atoms with Gasteiger partial charge in [0.1, 0.15) is 5.69 Å². The summed E-state index contributed by atoms with van der Waals surface area (Å²) in [5.41, 5.74) is 1.57. The minimum absolute atomic E-state index is 0.295. The number of hydrazone groups is 1. The molecule has 0 bridgehead atoms. The molecule has 0 amide bonds. The van der Waals surface area contributed by atoms with Gasteiger partial charge < -0.3 is 4.57 Å². The average molecular weight is 418 g/mol. The molecule has 0 aliphatic carbocycles. The average Bonchev–Trinajstić information content (AvgIpc) is 3.47. The maximum Gasteiger partial charge on any atom is 0.340 e. The Bertz CT molecular complexity index is 1160. The van der Waals surface area contributed by atoms with E-state index in [1.54, 1.807) is 25.3 Å². The Labute approximate surface area is 167 Å². The van der Waals surface area contributed by atoms with Crippen LogP contribution in [0.3, 0.4) is 0 Å². The number of aromatic amines is 2. The zero-order valence-electron chi connectivity index (χ0n) is 15.4. The molecule has 2 N–H and O–H groups in total. The molecule has 4 rings (SSSR count). The van der Waals surface area contributed by atoms with Crippen LogP contribution in [0.5, 0.6) is 0 Å². The fourth-order valence-corrected chi connectivity index (χ4v) is 3.99. The molecule has 0 fully saturated rings. The van der Waals surface area contributed by atoms with E-state index in [1.165, 1.54) is 23.0 Å². The maximum atomic E-state index is 14.8. The van der Waals surface area contributed by atoms with Crippen molar-refractivity contribution < 1.29 is 13.6 Å². The Morgan fingerprint density at radius 3 is 2.72 bits per heavy atom. The number of carbonyl (C=O) groups is 1. The number of nitrogens with one attached hydrogen (secondary N) is 2. The molecule has 4 heterocycles. The molecule has 12 heteroatoms. The molecule has 0 saturated carbocycles. The topological polar surface area (TPSA) is 108 Å². The molecule has 0 aliphatic rings. The van der Waals surface area contributed by atoms with Gasteiger partial charge in [0.25, 0.3) is 0 Å². The lowest BCUT2D eigenvalue weighted by Crippen LogP contribution is -2.15. The lowest BCUT2D eigenvalue weighted by molar-refractivity contribution is 0.0378. The van der Waals surface area contributed by atoms with E-state index in [0.29, 0.717) is 34.4 Å². The van der Waals surface area contributed by atoms with Crippen LogP contribution in [0.1, 0.15) is 32.4 Å². The third-order valence-corrected chi connectivity index (χ3v) is 5.52. The van der Waals surface area contributed by atoms with Crippen molar-refractivity contribution in [1.82, 2.24) is 35.0 Å². The summed E-state index contributed by atoms with van der Waals surface area (Å²) in [6.07, 6.45) is 5.04. The van der Waals surface area contributed by atoms with E-state index in [-0.39, 0.29) is 10.7 Å². The number of thiazole rings is 1. The first-order valence-corrected chi connectivity index (χ1v) is 9.29. The van der Waals surface area contributed by atoms with E-state index in [4.69, 9.17) is 0 Å². The number of halogens is 2. The largest absolute Gasteiger partial charge is 0.340 e.